The van der Waals surface area contributed by atoms with Gasteiger partial charge in [0, 0.05) is 20.6 Å². The van der Waals surface area contributed by atoms with E-state index < -0.39 is 11.2 Å². The van der Waals surface area contributed by atoms with Crippen molar-refractivity contribution >= 4 is 34.0 Å². The number of allylic oxidation sites excluding steroid dienone is 1. The van der Waals surface area contributed by atoms with Gasteiger partial charge in [0.15, 0.2) is 16.3 Å². The smallest absolute Gasteiger partial charge is 0.327 e. The van der Waals surface area contributed by atoms with Gasteiger partial charge in [0.2, 0.25) is 5.16 Å². The lowest BCUT2D eigenvalue weighted by atomic mass is 10.3. The van der Waals surface area contributed by atoms with E-state index in [0.717, 1.165) is 15.6 Å². The normalized spacial score (nSPS) is 11.5. The first-order chi connectivity index (χ1) is 15.0. The monoisotopic (exact) mass is 436 g/mol. The number of rotatable bonds is 5. The highest BCUT2D eigenvalue weighted by atomic mass is 32.2. The second kappa shape index (κ2) is 7.05. The molecule has 0 bridgehead atoms. The van der Waals surface area contributed by atoms with Crippen LogP contribution in [0.2, 0.25) is 0 Å². The number of H-pyrrole nitrogens is 1. The molecule has 1 N–H and O–H groups in total. The minimum absolute atomic E-state index is 0.240. The Morgan fingerprint density at radius 3 is 2.74 bits per heavy atom. The fourth-order valence-electron chi connectivity index (χ4n) is 3.26. The maximum atomic E-state index is 12.4. The summed E-state index contributed by atoms with van der Waals surface area (Å²) in [5, 5.41) is 17.8. The summed E-state index contributed by atoms with van der Waals surface area (Å²) in [5.41, 5.74) is 1.14. The molecular weight excluding hydrogens is 420 g/mol. The van der Waals surface area contributed by atoms with Gasteiger partial charge in [-0.05, 0) is 23.9 Å². The molecule has 4 heterocycles. The van der Waals surface area contributed by atoms with Gasteiger partial charge in [0.1, 0.15) is 5.52 Å². The van der Waals surface area contributed by atoms with Gasteiger partial charge < -0.3 is 4.98 Å². The molecule has 0 unspecified atom stereocenters. The van der Waals surface area contributed by atoms with Crippen molar-refractivity contribution in [1.82, 2.24) is 48.9 Å². The second-order valence-electron chi connectivity index (χ2n) is 6.72. The lowest BCUT2D eigenvalue weighted by molar-refractivity contribution is 0.666. The van der Waals surface area contributed by atoms with E-state index >= 15 is 0 Å². The van der Waals surface area contributed by atoms with Crippen molar-refractivity contribution < 1.29 is 0 Å². The van der Waals surface area contributed by atoms with Gasteiger partial charge in [-0.15, -0.1) is 21.9 Å². The summed E-state index contributed by atoms with van der Waals surface area (Å²) in [6.07, 6.45) is 1.72. The number of aromatic amines is 1. The standard InChI is InChI=1S/C18H16N10O2S/c1-4-9-27-16(28-11-8-6-5-7-10(11)21-24-28)22-23-17(27)31-15-19-12-13(20-15)25(2)18(30)26(3)14(12)29/h4-8H,1,9H2,2-3H3,(H,19,20). The van der Waals surface area contributed by atoms with Crippen LogP contribution in [0.3, 0.4) is 0 Å². The molecule has 5 rings (SSSR count). The maximum Gasteiger partial charge on any atom is 0.332 e. The molecule has 0 radical (unpaired) electrons. The third kappa shape index (κ3) is 2.89. The molecule has 0 aliphatic heterocycles. The summed E-state index contributed by atoms with van der Waals surface area (Å²) in [7, 11) is 2.99. The quantitative estimate of drug-likeness (QED) is 0.396. The summed E-state index contributed by atoms with van der Waals surface area (Å²) in [4.78, 5) is 32.0. The number of hydrogen-bond acceptors (Lipinski definition) is 8. The third-order valence-electron chi connectivity index (χ3n) is 4.81. The first kappa shape index (κ1) is 19.0. The fraction of sp³-hybridized carbons (Fsp3) is 0.167. The number of aryl methyl sites for hydroxylation is 1. The van der Waals surface area contributed by atoms with Gasteiger partial charge in [0.05, 0.1) is 5.52 Å². The van der Waals surface area contributed by atoms with Crippen molar-refractivity contribution in [2.75, 3.05) is 0 Å². The number of para-hydroxylation sites is 1. The Bertz CT molecular complexity index is 1580. The Kier molecular flexibility index (Phi) is 4.32. The van der Waals surface area contributed by atoms with Crippen LogP contribution in [0.25, 0.3) is 28.1 Å². The lowest BCUT2D eigenvalue weighted by Crippen LogP contribution is -2.36. The summed E-state index contributed by atoms with van der Waals surface area (Å²) < 4.78 is 5.76. The average molecular weight is 436 g/mol. The number of nitrogens with zero attached hydrogens (tertiary/aromatic N) is 9. The van der Waals surface area contributed by atoms with Gasteiger partial charge in [-0.2, -0.15) is 4.68 Å². The van der Waals surface area contributed by atoms with Crippen LogP contribution in [0.4, 0.5) is 0 Å². The molecule has 0 fully saturated rings. The Balaban J connectivity index is 1.61. The molecule has 156 valence electrons. The number of hydrogen-bond donors (Lipinski definition) is 1. The highest BCUT2D eigenvalue weighted by molar-refractivity contribution is 7.99. The van der Waals surface area contributed by atoms with Crippen LogP contribution < -0.4 is 11.2 Å². The number of aromatic nitrogens is 10. The van der Waals surface area contributed by atoms with Crippen LogP contribution in [0.15, 0.2) is 56.8 Å². The van der Waals surface area contributed by atoms with Crippen molar-refractivity contribution in [2.45, 2.75) is 16.9 Å². The van der Waals surface area contributed by atoms with Crippen LogP contribution in [0.1, 0.15) is 0 Å². The molecule has 0 spiro atoms. The van der Waals surface area contributed by atoms with Crippen LogP contribution in [0, 0.1) is 0 Å². The molecule has 0 saturated carbocycles. The second-order valence-corrected chi connectivity index (χ2v) is 7.68. The van der Waals surface area contributed by atoms with E-state index in [1.807, 2.05) is 28.8 Å². The number of nitrogens with one attached hydrogen (secondary N) is 1. The molecule has 5 aromatic rings. The van der Waals surface area contributed by atoms with Crippen molar-refractivity contribution in [3.05, 3.63) is 57.8 Å². The highest BCUT2D eigenvalue weighted by Crippen LogP contribution is 2.27. The van der Waals surface area contributed by atoms with Crippen molar-refractivity contribution in [3.63, 3.8) is 0 Å². The SMILES string of the molecule is C=CCn1c(Sc2nc3c([nH]2)c(=O)n(C)c(=O)n3C)nnc1-n1nnc2ccccc21. The number of fused-ring (bicyclic) bond motifs is 2. The average Bonchev–Trinajstić information content (AvgIpc) is 3.49. The molecule has 1 aromatic carbocycles. The zero-order valence-corrected chi connectivity index (χ0v) is 17.4. The number of benzene rings is 1. The van der Waals surface area contributed by atoms with Gasteiger partial charge in [-0.3, -0.25) is 18.5 Å². The molecule has 31 heavy (non-hydrogen) atoms. The largest absolute Gasteiger partial charge is 0.332 e. The summed E-state index contributed by atoms with van der Waals surface area (Å²) in [6, 6.07) is 7.54. The zero-order valence-electron chi connectivity index (χ0n) is 16.6. The van der Waals surface area contributed by atoms with Gasteiger partial charge in [0.25, 0.3) is 11.5 Å². The first-order valence-corrected chi connectivity index (χ1v) is 9.99. The van der Waals surface area contributed by atoms with Crippen LogP contribution in [-0.4, -0.2) is 48.9 Å². The lowest BCUT2D eigenvalue weighted by Gasteiger charge is -2.06. The Labute approximate surface area is 177 Å². The maximum absolute atomic E-state index is 12.4. The van der Waals surface area contributed by atoms with Crippen LogP contribution in [0.5, 0.6) is 0 Å². The molecule has 0 aliphatic carbocycles. The minimum atomic E-state index is -0.448. The molecule has 0 amide bonds. The molecular formula is C18H16N10O2S. The van der Waals surface area contributed by atoms with E-state index in [2.05, 4.69) is 37.1 Å². The molecule has 13 heteroatoms. The van der Waals surface area contributed by atoms with Crippen LogP contribution in [-0.2, 0) is 20.6 Å². The molecule has 4 aromatic heterocycles. The van der Waals surface area contributed by atoms with Crippen molar-refractivity contribution in [1.29, 1.82) is 0 Å². The van der Waals surface area contributed by atoms with Gasteiger partial charge in [-0.25, -0.2) is 9.78 Å². The van der Waals surface area contributed by atoms with E-state index in [4.69, 9.17) is 0 Å². The van der Waals surface area contributed by atoms with E-state index in [1.54, 1.807) is 17.8 Å². The van der Waals surface area contributed by atoms with E-state index in [0.29, 0.717) is 22.8 Å². The van der Waals surface area contributed by atoms with Crippen molar-refractivity contribution in [3.8, 4) is 5.95 Å². The molecule has 0 aliphatic rings. The van der Waals surface area contributed by atoms with E-state index in [1.165, 1.54) is 23.4 Å². The predicted octanol–water partition coefficient (Wildman–Crippen LogP) is 0.623. The first-order valence-electron chi connectivity index (χ1n) is 9.18. The summed E-state index contributed by atoms with van der Waals surface area (Å²) in [6.45, 7) is 4.23. The topological polar surface area (TPSA) is 134 Å². The van der Waals surface area contributed by atoms with E-state index in [-0.39, 0.29) is 11.2 Å². The molecule has 0 saturated heterocycles. The highest BCUT2D eigenvalue weighted by Gasteiger charge is 2.20. The molecule has 12 nitrogen and oxygen atoms in total. The fourth-order valence-corrected chi connectivity index (χ4v) is 4.06. The zero-order chi connectivity index (χ0) is 21.7. The Morgan fingerprint density at radius 1 is 1.13 bits per heavy atom. The van der Waals surface area contributed by atoms with E-state index in [9.17, 15) is 9.59 Å². The van der Waals surface area contributed by atoms with Crippen LogP contribution >= 0.6 is 11.8 Å². The van der Waals surface area contributed by atoms with Gasteiger partial charge in [-0.1, -0.05) is 23.4 Å². The Hall–Kier alpha value is -4.00. The Morgan fingerprint density at radius 2 is 1.94 bits per heavy atom. The molecule has 0 atom stereocenters. The number of imidazole rings is 1. The van der Waals surface area contributed by atoms with Crippen molar-refractivity contribution in [2.24, 2.45) is 14.1 Å². The minimum Gasteiger partial charge on any atom is -0.327 e. The third-order valence-corrected chi connectivity index (χ3v) is 5.68. The summed E-state index contributed by atoms with van der Waals surface area (Å²) in [5.74, 6) is 0.468. The predicted molar refractivity (Wildman–Crippen MR) is 113 cm³/mol. The van der Waals surface area contributed by atoms with Gasteiger partial charge >= 0.3 is 5.69 Å². The summed E-state index contributed by atoms with van der Waals surface area (Å²) >= 11 is 1.18.